The second-order valence-electron chi connectivity index (χ2n) is 3.98. The van der Waals surface area contributed by atoms with Gasteiger partial charge in [-0.15, -0.1) is 0 Å². The number of aliphatic hydroxyl groups excluding tert-OH is 1. The van der Waals surface area contributed by atoms with Crippen LogP contribution < -0.4 is 0 Å². The minimum absolute atomic E-state index is 0.354. The Kier molecular flexibility index (Phi) is 3.45. The number of allylic oxidation sites excluding steroid dienone is 1. The van der Waals surface area contributed by atoms with Crippen LogP contribution in [-0.4, -0.2) is 11.2 Å². The number of benzene rings is 1. The number of hydrogen-bond donors (Lipinski definition) is 1. The van der Waals surface area contributed by atoms with Gasteiger partial charge in [0.15, 0.2) is 0 Å². The zero-order valence-corrected chi connectivity index (χ0v) is 9.37. The lowest BCUT2D eigenvalue weighted by atomic mass is 10.0. The van der Waals surface area contributed by atoms with Gasteiger partial charge in [-0.05, 0) is 36.5 Å². The molecule has 0 amide bonds. The van der Waals surface area contributed by atoms with E-state index in [1.807, 2.05) is 24.3 Å². The Morgan fingerprint density at radius 3 is 2.80 bits per heavy atom. The zero-order chi connectivity index (χ0) is 10.7. The van der Waals surface area contributed by atoms with Gasteiger partial charge in [0.05, 0.1) is 6.10 Å². The Bertz CT molecular complexity index is 371. The van der Waals surface area contributed by atoms with Crippen molar-refractivity contribution in [2.24, 2.45) is 0 Å². The van der Waals surface area contributed by atoms with Crippen molar-refractivity contribution in [3.05, 3.63) is 46.5 Å². The fourth-order valence-corrected chi connectivity index (χ4v) is 2.21. The standard InChI is InChI=1S/C13H15ClO/c14-12-8-4-3-7-11(12)9-13(15)10-5-1-2-6-10/h3-5,7-8,13,15H,1-2,6,9H2. The van der Waals surface area contributed by atoms with E-state index in [1.165, 1.54) is 12.0 Å². The Hall–Kier alpha value is -0.790. The maximum atomic E-state index is 10.00. The molecule has 15 heavy (non-hydrogen) atoms. The zero-order valence-electron chi connectivity index (χ0n) is 8.62. The maximum Gasteiger partial charge on any atom is 0.0790 e. The van der Waals surface area contributed by atoms with Crippen LogP contribution in [0.15, 0.2) is 35.9 Å². The summed E-state index contributed by atoms with van der Waals surface area (Å²) >= 11 is 6.04. The van der Waals surface area contributed by atoms with Crippen molar-refractivity contribution in [1.29, 1.82) is 0 Å². The molecule has 0 heterocycles. The molecular weight excluding hydrogens is 208 g/mol. The Labute approximate surface area is 95.4 Å². The van der Waals surface area contributed by atoms with E-state index in [0.29, 0.717) is 6.42 Å². The van der Waals surface area contributed by atoms with E-state index in [-0.39, 0.29) is 6.10 Å². The predicted molar refractivity (Wildman–Crippen MR) is 63.1 cm³/mol. The fraction of sp³-hybridized carbons (Fsp3) is 0.385. The highest BCUT2D eigenvalue weighted by molar-refractivity contribution is 6.31. The molecule has 1 aromatic rings. The van der Waals surface area contributed by atoms with Gasteiger partial charge in [0.1, 0.15) is 0 Å². The summed E-state index contributed by atoms with van der Waals surface area (Å²) in [4.78, 5) is 0. The summed E-state index contributed by atoms with van der Waals surface area (Å²) in [5.74, 6) is 0. The largest absolute Gasteiger partial charge is 0.388 e. The molecule has 80 valence electrons. The molecule has 0 saturated carbocycles. The smallest absolute Gasteiger partial charge is 0.0790 e. The number of aliphatic hydroxyl groups is 1. The van der Waals surface area contributed by atoms with Crippen LogP contribution in [-0.2, 0) is 6.42 Å². The van der Waals surface area contributed by atoms with E-state index in [9.17, 15) is 5.11 Å². The highest BCUT2D eigenvalue weighted by Crippen LogP contribution is 2.25. The molecular formula is C13H15ClO. The van der Waals surface area contributed by atoms with Crippen molar-refractivity contribution in [1.82, 2.24) is 0 Å². The molecule has 1 nitrogen and oxygen atoms in total. The molecule has 1 unspecified atom stereocenters. The molecule has 2 heteroatoms. The first-order valence-electron chi connectivity index (χ1n) is 5.38. The lowest BCUT2D eigenvalue weighted by Gasteiger charge is -2.12. The van der Waals surface area contributed by atoms with E-state index in [2.05, 4.69) is 6.08 Å². The third kappa shape index (κ3) is 2.61. The quantitative estimate of drug-likeness (QED) is 0.778. The van der Waals surface area contributed by atoms with Crippen LogP contribution in [0.1, 0.15) is 24.8 Å². The predicted octanol–water partition coefficient (Wildman–Crippen LogP) is 3.35. The molecule has 1 atom stereocenters. The molecule has 0 saturated heterocycles. The number of rotatable bonds is 3. The van der Waals surface area contributed by atoms with Crippen molar-refractivity contribution in [3.63, 3.8) is 0 Å². The van der Waals surface area contributed by atoms with E-state index in [4.69, 9.17) is 11.6 Å². The van der Waals surface area contributed by atoms with Gasteiger partial charge in [-0.1, -0.05) is 35.9 Å². The molecule has 0 spiro atoms. The summed E-state index contributed by atoms with van der Waals surface area (Å²) in [5, 5.41) is 10.7. The van der Waals surface area contributed by atoms with Crippen molar-refractivity contribution < 1.29 is 5.11 Å². The van der Waals surface area contributed by atoms with Crippen LogP contribution in [0.25, 0.3) is 0 Å². The van der Waals surface area contributed by atoms with Gasteiger partial charge in [0.25, 0.3) is 0 Å². The summed E-state index contributed by atoms with van der Waals surface area (Å²) < 4.78 is 0. The summed E-state index contributed by atoms with van der Waals surface area (Å²) in [7, 11) is 0. The minimum atomic E-state index is -0.354. The van der Waals surface area contributed by atoms with Crippen molar-refractivity contribution in [2.45, 2.75) is 31.8 Å². The van der Waals surface area contributed by atoms with Crippen molar-refractivity contribution >= 4 is 11.6 Å². The molecule has 0 aliphatic heterocycles. The Morgan fingerprint density at radius 2 is 2.13 bits per heavy atom. The fourth-order valence-electron chi connectivity index (χ4n) is 2.00. The molecule has 2 rings (SSSR count). The molecule has 0 bridgehead atoms. The molecule has 1 aromatic carbocycles. The molecule has 1 aliphatic rings. The van der Waals surface area contributed by atoms with Crippen LogP contribution in [0.5, 0.6) is 0 Å². The number of halogens is 1. The van der Waals surface area contributed by atoms with E-state index < -0.39 is 0 Å². The maximum absolute atomic E-state index is 10.00. The normalized spacial score (nSPS) is 17.6. The highest BCUT2D eigenvalue weighted by atomic mass is 35.5. The second kappa shape index (κ2) is 4.82. The van der Waals surface area contributed by atoms with E-state index in [0.717, 1.165) is 23.4 Å². The van der Waals surface area contributed by atoms with Crippen LogP contribution in [0, 0.1) is 0 Å². The summed E-state index contributed by atoms with van der Waals surface area (Å²) in [6.45, 7) is 0. The topological polar surface area (TPSA) is 20.2 Å². The van der Waals surface area contributed by atoms with Gasteiger partial charge in [0.2, 0.25) is 0 Å². The Morgan fingerprint density at radius 1 is 1.33 bits per heavy atom. The first kappa shape index (κ1) is 10.7. The van der Waals surface area contributed by atoms with Gasteiger partial charge in [-0.2, -0.15) is 0 Å². The number of hydrogen-bond acceptors (Lipinski definition) is 1. The van der Waals surface area contributed by atoms with Crippen LogP contribution >= 0.6 is 11.6 Å². The van der Waals surface area contributed by atoms with Crippen LogP contribution in [0.2, 0.25) is 5.02 Å². The minimum Gasteiger partial charge on any atom is -0.388 e. The molecule has 0 radical (unpaired) electrons. The highest BCUT2D eigenvalue weighted by Gasteiger charge is 2.15. The Balaban J connectivity index is 2.05. The summed E-state index contributed by atoms with van der Waals surface area (Å²) in [6, 6.07) is 7.71. The van der Waals surface area contributed by atoms with Crippen LogP contribution in [0.4, 0.5) is 0 Å². The van der Waals surface area contributed by atoms with E-state index in [1.54, 1.807) is 0 Å². The average molecular weight is 223 g/mol. The van der Waals surface area contributed by atoms with Gasteiger partial charge in [-0.25, -0.2) is 0 Å². The van der Waals surface area contributed by atoms with E-state index >= 15 is 0 Å². The first-order chi connectivity index (χ1) is 7.27. The molecule has 0 aromatic heterocycles. The van der Waals surface area contributed by atoms with Crippen molar-refractivity contribution in [3.8, 4) is 0 Å². The average Bonchev–Trinajstić information content (AvgIpc) is 2.74. The van der Waals surface area contributed by atoms with Gasteiger partial charge >= 0.3 is 0 Å². The SMILES string of the molecule is OC(Cc1ccccc1Cl)C1=CCCC1. The second-order valence-corrected chi connectivity index (χ2v) is 4.39. The van der Waals surface area contributed by atoms with Gasteiger partial charge in [0, 0.05) is 11.4 Å². The molecule has 1 aliphatic carbocycles. The van der Waals surface area contributed by atoms with Crippen molar-refractivity contribution in [2.75, 3.05) is 0 Å². The first-order valence-corrected chi connectivity index (χ1v) is 5.75. The summed E-state index contributed by atoms with van der Waals surface area (Å²) in [5.41, 5.74) is 2.20. The monoisotopic (exact) mass is 222 g/mol. The third-order valence-corrected chi connectivity index (χ3v) is 3.24. The summed E-state index contributed by atoms with van der Waals surface area (Å²) in [6.07, 6.45) is 5.75. The third-order valence-electron chi connectivity index (χ3n) is 2.88. The van der Waals surface area contributed by atoms with Gasteiger partial charge in [-0.3, -0.25) is 0 Å². The van der Waals surface area contributed by atoms with Crippen LogP contribution in [0.3, 0.4) is 0 Å². The lowest BCUT2D eigenvalue weighted by molar-refractivity contribution is 0.208. The van der Waals surface area contributed by atoms with Gasteiger partial charge < -0.3 is 5.11 Å². The lowest BCUT2D eigenvalue weighted by Crippen LogP contribution is -2.12. The molecule has 1 N–H and O–H groups in total. The molecule has 0 fully saturated rings.